The summed E-state index contributed by atoms with van der Waals surface area (Å²) < 4.78 is 7.08. The number of benzene rings is 8. The molecule has 10 nitrogen and oxygen atoms in total. The number of oxime groups is 1. The predicted octanol–water partition coefficient (Wildman–Crippen LogP) is 13.5. The quantitative estimate of drug-likeness (QED) is 0.0156. The van der Waals surface area contributed by atoms with Crippen LogP contribution in [0.5, 0.6) is 5.75 Å². The van der Waals surface area contributed by atoms with Crippen molar-refractivity contribution in [2.75, 3.05) is 15.5 Å². The Labute approximate surface area is 481 Å². The summed E-state index contributed by atoms with van der Waals surface area (Å²) in [7, 11) is 0. The number of hydrogen-bond donors (Lipinski definition) is 2. The number of thioether (sulfide) groups is 1. The maximum Gasteiger partial charge on any atom is 0.356 e. The lowest BCUT2D eigenvalue weighted by molar-refractivity contribution is -0.154. The number of aromatic nitrogens is 1. The van der Waals surface area contributed by atoms with Crippen molar-refractivity contribution >= 4 is 74.3 Å². The second-order valence-electron chi connectivity index (χ2n) is 18.7. The van der Waals surface area contributed by atoms with E-state index in [1.165, 1.54) is 28.0 Å². The topological polar surface area (TPSA) is 122 Å². The van der Waals surface area contributed by atoms with E-state index in [1.54, 1.807) is 5.38 Å². The smallest absolute Gasteiger partial charge is 0.356 e. The van der Waals surface area contributed by atoms with Crippen molar-refractivity contribution in [3.63, 3.8) is 0 Å². The van der Waals surface area contributed by atoms with E-state index in [-0.39, 0.29) is 23.0 Å². The van der Waals surface area contributed by atoms with E-state index < -0.39 is 40.8 Å². The van der Waals surface area contributed by atoms with Gasteiger partial charge in [0, 0.05) is 27.0 Å². The standard InChI is InChI=1S/C66H52IN5O5S2/c67-42-24-33-49-43-78-63-58(62(74)72(63)59(49)64(75)76-60(47-29-12-3-13-30-47)48-31-14-4-15-32-48)69-61(73)57(71-77-55-41-23-22-40-53(55)56(45-25-8-1-9-26-45)46-27-10-2-11-28-46)54-44-79-65(68-54)70-66(50-34-16-5-17-35-50,51-36-18-6-19-37-51)52-38-20-7-21-39-52/h1-41,44,56,58,60,63H,42-43H2,(H,68,70)(H,69,73)/t58?,63-/m0/s1. The number of β-lactam (4-membered cyclic amide) rings is 1. The Morgan fingerprint density at radius 2 is 1.15 bits per heavy atom. The summed E-state index contributed by atoms with van der Waals surface area (Å²) in [4.78, 5) is 57.7. The lowest BCUT2D eigenvalue weighted by Crippen LogP contribution is -2.71. The highest BCUT2D eigenvalue weighted by Gasteiger charge is 2.55. The summed E-state index contributed by atoms with van der Waals surface area (Å²) in [5.74, 6) is -1.23. The van der Waals surface area contributed by atoms with Gasteiger partial charge >= 0.3 is 5.97 Å². The fourth-order valence-corrected chi connectivity index (χ4v) is 12.6. The summed E-state index contributed by atoms with van der Waals surface area (Å²) >= 11 is 5.02. The number of allylic oxidation sites excluding steroid dienone is 2. The molecule has 2 aliphatic heterocycles. The maximum atomic E-state index is 15.2. The van der Waals surface area contributed by atoms with Crippen molar-refractivity contribution in [2.45, 2.75) is 29.0 Å². The van der Waals surface area contributed by atoms with Gasteiger partial charge in [-0.15, -0.1) is 23.1 Å². The fourth-order valence-electron chi connectivity index (χ4n) is 10.2. The minimum atomic E-state index is -1.04. The Kier molecular flexibility index (Phi) is 16.4. The van der Waals surface area contributed by atoms with Crippen molar-refractivity contribution in [2.24, 2.45) is 5.16 Å². The van der Waals surface area contributed by atoms with Crippen molar-refractivity contribution in [1.82, 2.24) is 15.2 Å². The Balaban J connectivity index is 0.954. The molecule has 11 rings (SSSR count). The molecule has 1 aromatic heterocycles. The van der Waals surface area contributed by atoms with Gasteiger partial charge in [0.1, 0.15) is 28.3 Å². The highest BCUT2D eigenvalue weighted by atomic mass is 127. The molecular formula is C66H52IN5O5S2. The van der Waals surface area contributed by atoms with Gasteiger partial charge < -0.3 is 20.2 Å². The van der Waals surface area contributed by atoms with Crippen LogP contribution in [-0.2, 0) is 24.7 Å². The van der Waals surface area contributed by atoms with Crippen molar-refractivity contribution in [1.29, 1.82) is 0 Å². The normalized spacial score (nSPS) is 15.4. The van der Waals surface area contributed by atoms with E-state index in [9.17, 15) is 9.59 Å². The lowest BCUT2D eigenvalue weighted by atomic mass is 9.77. The summed E-state index contributed by atoms with van der Waals surface area (Å²) in [6, 6.07) is 76.6. The van der Waals surface area contributed by atoms with E-state index in [0.717, 1.165) is 44.5 Å². The molecular weight excluding hydrogens is 1130 g/mol. The number of alkyl halides is 1. The molecule has 2 amide bonds. The zero-order valence-corrected chi connectivity index (χ0v) is 46.3. The zero-order chi connectivity index (χ0) is 54.0. The molecule has 0 aliphatic carbocycles. The molecule has 2 atom stereocenters. The van der Waals surface area contributed by atoms with Crippen molar-refractivity contribution in [3.8, 4) is 5.75 Å². The SMILES string of the molecule is O=C(NC1C(=O)N2C(C(=O)OC(c3ccccc3)c3ccccc3)=C(C=CCI)CS[C@@H]12)C(=NOc1ccccc1C(c1ccccc1)c1ccccc1)c1csc(NC(c2ccccc2)(c2ccccc2)c2ccccc2)n1. The number of hydrogen-bond acceptors (Lipinski definition) is 10. The number of para-hydroxylation sites is 1. The number of nitrogens with zero attached hydrogens (tertiary/aromatic N) is 3. The molecule has 1 fully saturated rings. The molecule has 1 saturated heterocycles. The van der Waals surface area contributed by atoms with Gasteiger partial charge in [0.05, 0.1) is 0 Å². The van der Waals surface area contributed by atoms with Crippen LogP contribution < -0.4 is 15.5 Å². The molecule has 0 saturated carbocycles. The van der Waals surface area contributed by atoms with E-state index in [1.807, 2.05) is 188 Å². The molecule has 0 spiro atoms. The van der Waals surface area contributed by atoms with E-state index in [0.29, 0.717) is 26.6 Å². The van der Waals surface area contributed by atoms with Crippen LogP contribution in [0.15, 0.2) is 271 Å². The molecule has 1 unspecified atom stereocenters. The van der Waals surface area contributed by atoms with Crippen molar-refractivity contribution < 1.29 is 24.0 Å². The van der Waals surface area contributed by atoms with Crippen LogP contribution in [-0.4, -0.2) is 55.0 Å². The average Bonchev–Trinajstić information content (AvgIpc) is 4.12. The summed E-state index contributed by atoms with van der Waals surface area (Å²) in [6.07, 6.45) is 3.08. The third-order valence-corrected chi connectivity index (χ3v) is 16.5. The Morgan fingerprint density at radius 1 is 0.671 bits per heavy atom. The number of carbonyl (C=O) groups excluding carboxylic acids is 3. The molecule has 0 radical (unpaired) electrons. The van der Waals surface area contributed by atoms with Crippen LogP contribution in [0.3, 0.4) is 0 Å². The number of rotatable bonds is 19. The van der Waals surface area contributed by atoms with Gasteiger partial charge in [-0.3, -0.25) is 14.5 Å². The van der Waals surface area contributed by atoms with E-state index in [2.05, 4.69) is 93.9 Å². The van der Waals surface area contributed by atoms with Gasteiger partial charge in [-0.1, -0.05) is 270 Å². The molecule has 9 aromatic rings. The van der Waals surface area contributed by atoms with Crippen LogP contribution in [0.25, 0.3) is 0 Å². The molecule has 13 heteroatoms. The monoisotopic (exact) mass is 1190 g/mol. The van der Waals surface area contributed by atoms with Gasteiger partial charge in [0.15, 0.2) is 22.7 Å². The minimum absolute atomic E-state index is 0.145. The van der Waals surface area contributed by atoms with Gasteiger partial charge in [0.25, 0.3) is 11.8 Å². The number of fused-ring (bicyclic) bond motifs is 1. The van der Waals surface area contributed by atoms with Gasteiger partial charge in [-0.2, -0.15) is 0 Å². The maximum absolute atomic E-state index is 15.2. The number of nitrogens with one attached hydrogen (secondary N) is 2. The number of thiazole rings is 1. The van der Waals surface area contributed by atoms with Crippen LogP contribution in [0.2, 0.25) is 0 Å². The van der Waals surface area contributed by atoms with Gasteiger partial charge in [-0.05, 0) is 50.6 Å². The van der Waals surface area contributed by atoms with Crippen LogP contribution in [0.4, 0.5) is 5.13 Å². The first-order chi connectivity index (χ1) is 38.9. The molecule has 3 heterocycles. The first-order valence-electron chi connectivity index (χ1n) is 25.8. The molecule has 2 N–H and O–H groups in total. The highest BCUT2D eigenvalue weighted by Crippen LogP contribution is 2.44. The minimum Gasteiger partial charge on any atom is -0.448 e. The molecule has 0 bridgehead atoms. The van der Waals surface area contributed by atoms with Crippen LogP contribution in [0.1, 0.15) is 62.2 Å². The number of ether oxygens (including phenoxy) is 1. The molecule has 2 aliphatic rings. The van der Waals surface area contributed by atoms with Crippen LogP contribution in [0, 0.1) is 0 Å². The Morgan fingerprint density at radius 3 is 1.67 bits per heavy atom. The fraction of sp³-hybridized carbons (Fsp3) is 0.106. The number of carbonyl (C=O) groups is 3. The van der Waals surface area contributed by atoms with Crippen molar-refractivity contribution in [3.05, 3.63) is 316 Å². The zero-order valence-electron chi connectivity index (χ0n) is 42.5. The number of amides is 2. The largest absolute Gasteiger partial charge is 0.448 e. The lowest BCUT2D eigenvalue weighted by Gasteiger charge is -2.49. The molecule has 79 heavy (non-hydrogen) atoms. The van der Waals surface area contributed by atoms with Gasteiger partial charge in [-0.25, -0.2) is 9.78 Å². The predicted molar refractivity (Wildman–Crippen MR) is 323 cm³/mol. The third-order valence-electron chi connectivity index (χ3n) is 13.9. The van der Waals surface area contributed by atoms with Crippen LogP contribution >= 0.6 is 45.7 Å². The first-order valence-corrected chi connectivity index (χ1v) is 29.2. The van der Waals surface area contributed by atoms with Gasteiger partial charge in [0.2, 0.25) is 0 Å². The number of anilines is 1. The summed E-state index contributed by atoms with van der Waals surface area (Å²) in [5, 5.41) is 13.2. The Hall–Kier alpha value is -8.37. The highest BCUT2D eigenvalue weighted by molar-refractivity contribution is 14.1. The third kappa shape index (κ3) is 11.2. The second kappa shape index (κ2) is 24.5. The number of halogens is 1. The van der Waals surface area contributed by atoms with E-state index in [4.69, 9.17) is 19.7 Å². The first kappa shape index (κ1) is 52.7. The summed E-state index contributed by atoms with van der Waals surface area (Å²) in [6.45, 7) is 0. The number of esters is 1. The van der Waals surface area contributed by atoms with E-state index >= 15 is 4.79 Å². The molecule has 390 valence electrons. The molecule has 8 aromatic carbocycles. The average molecular weight is 1190 g/mol. The Bertz CT molecular complexity index is 3470. The summed E-state index contributed by atoms with van der Waals surface area (Å²) in [5.41, 5.74) is 7.34. The second-order valence-corrected chi connectivity index (χ2v) is 21.6.